The van der Waals surface area contributed by atoms with Gasteiger partial charge in [0.25, 0.3) is 0 Å². The molecule has 0 bridgehead atoms. The van der Waals surface area contributed by atoms with Crippen LogP contribution >= 0.6 is 15.2 Å². The summed E-state index contributed by atoms with van der Waals surface area (Å²) in [5, 5.41) is 0. The minimum Gasteiger partial charge on any atom is -0.324 e. The van der Waals surface area contributed by atoms with Gasteiger partial charge in [0.1, 0.15) is 6.16 Å². The van der Waals surface area contributed by atoms with Crippen molar-refractivity contribution in [1.29, 1.82) is 0 Å². The first-order valence-electron chi connectivity index (χ1n) is 22.7. The first kappa shape index (κ1) is 44.8. The van der Waals surface area contributed by atoms with Gasteiger partial charge < -0.3 is 23.7 Å². The number of pyridine rings is 3. The van der Waals surface area contributed by atoms with E-state index in [1.165, 1.54) is 38.9 Å². The molecular weight excluding hydrogens is 851 g/mol. The van der Waals surface area contributed by atoms with Gasteiger partial charge in [-0.25, -0.2) is 4.57 Å². The van der Waals surface area contributed by atoms with E-state index in [1.54, 1.807) is 0 Å². The maximum absolute atomic E-state index is 12.9. The molecule has 0 spiro atoms. The summed E-state index contributed by atoms with van der Waals surface area (Å²) in [6.45, 7) is 7.05. The Morgan fingerprint density at radius 2 is 1.06 bits per heavy atom. The summed E-state index contributed by atoms with van der Waals surface area (Å²) in [5.41, 5.74) is 12.6. The van der Waals surface area contributed by atoms with E-state index in [-0.39, 0.29) is 6.16 Å². The summed E-state index contributed by atoms with van der Waals surface area (Å²) in [6, 6.07) is 48.5. The van der Waals surface area contributed by atoms with Gasteiger partial charge in [0, 0.05) is 67.2 Å². The number of aryl methyl sites for hydroxylation is 1. The Bertz CT molecular complexity index is 2770. The van der Waals surface area contributed by atoms with Crippen LogP contribution in [0.3, 0.4) is 0 Å². The van der Waals surface area contributed by atoms with Gasteiger partial charge in [-0.2, -0.15) is 9.13 Å². The number of hydrogen-bond acceptors (Lipinski definition) is 5. The monoisotopic (exact) mass is 907 g/mol. The van der Waals surface area contributed by atoms with Crippen molar-refractivity contribution >= 4 is 15.2 Å². The molecule has 2 N–H and O–H groups in total. The van der Waals surface area contributed by atoms with Crippen molar-refractivity contribution in [2.75, 3.05) is 45.2 Å². The molecule has 1 aliphatic heterocycles. The van der Waals surface area contributed by atoms with E-state index in [1.807, 2.05) is 30.8 Å². The fraction of sp³-hybridized carbons (Fsp3) is 0.264. The number of benzene rings is 4. The summed E-state index contributed by atoms with van der Waals surface area (Å²) in [5.74, 6) is 0.432. The number of hydrogen-bond donors (Lipinski definition) is 2. The maximum Gasteiger partial charge on any atom is 0.337 e. The van der Waals surface area contributed by atoms with Gasteiger partial charge in [-0.3, -0.25) is 9.13 Å². The molecule has 1 saturated heterocycles. The van der Waals surface area contributed by atoms with Crippen LogP contribution in [0, 0.1) is 0 Å². The Labute approximate surface area is 382 Å². The molecule has 7 aromatic rings. The molecule has 4 heterocycles. The molecule has 0 radical (unpaired) electrons. The summed E-state index contributed by atoms with van der Waals surface area (Å²) in [4.78, 5) is 20.8. The van der Waals surface area contributed by atoms with E-state index >= 15 is 0 Å². The van der Waals surface area contributed by atoms with Gasteiger partial charge in [-0.15, -0.1) is 0 Å². The Morgan fingerprint density at radius 3 is 1.54 bits per heavy atom. The number of nitrogens with zero attached hydrogens (tertiary/aromatic N) is 4. The van der Waals surface area contributed by atoms with E-state index in [0.29, 0.717) is 38.4 Å². The fourth-order valence-corrected chi connectivity index (χ4v) is 12.0. The van der Waals surface area contributed by atoms with Crippen molar-refractivity contribution < 1.29 is 41.7 Å². The van der Waals surface area contributed by atoms with Crippen LogP contribution in [0.1, 0.15) is 60.4 Å². The molecule has 0 saturated carbocycles. The van der Waals surface area contributed by atoms with Gasteiger partial charge in [0.15, 0.2) is 43.7 Å². The lowest BCUT2D eigenvalue weighted by atomic mass is 9.67. The van der Waals surface area contributed by atoms with Gasteiger partial charge in [0.05, 0.1) is 24.8 Å². The molecular formula is C53H57N4O6P2+3. The van der Waals surface area contributed by atoms with Crippen molar-refractivity contribution in [3.63, 3.8) is 0 Å². The van der Waals surface area contributed by atoms with E-state index in [0.717, 1.165) is 48.4 Å². The highest BCUT2D eigenvalue weighted by Gasteiger charge is 2.46. The Kier molecular flexibility index (Phi) is 13.2. The second-order valence-electron chi connectivity index (χ2n) is 17.0. The molecule has 4 aromatic carbocycles. The highest BCUT2D eigenvalue weighted by Crippen LogP contribution is 2.56. The smallest absolute Gasteiger partial charge is 0.324 e. The molecule has 1 fully saturated rings. The zero-order valence-electron chi connectivity index (χ0n) is 37.0. The van der Waals surface area contributed by atoms with Crippen LogP contribution < -0.4 is 13.7 Å². The minimum atomic E-state index is -3.98. The van der Waals surface area contributed by atoms with E-state index in [2.05, 4.69) is 172 Å². The lowest BCUT2D eigenvalue weighted by molar-refractivity contribution is -0.692. The number of likely N-dealkylation sites (tertiary alicyclic amines) is 1. The predicted molar refractivity (Wildman–Crippen MR) is 253 cm³/mol. The topological polar surface area (TPSA) is 108 Å². The van der Waals surface area contributed by atoms with Crippen molar-refractivity contribution in [3.05, 3.63) is 198 Å². The zero-order valence-corrected chi connectivity index (χ0v) is 38.8. The molecule has 12 heteroatoms. The van der Waals surface area contributed by atoms with Crippen LogP contribution in [0.15, 0.2) is 171 Å². The minimum absolute atomic E-state index is 0.0813. The summed E-state index contributed by atoms with van der Waals surface area (Å²) in [6.07, 6.45) is 14.7. The molecule has 0 atom stereocenters. The normalized spacial score (nSPS) is 15.1. The third-order valence-corrected chi connectivity index (χ3v) is 15.9. The predicted octanol–water partition coefficient (Wildman–Crippen LogP) is 9.18. The van der Waals surface area contributed by atoms with Gasteiger partial charge in [-0.05, 0) is 95.8 Å². The lowest BCUT2D eigenvalue weighted by Crippen LogP contribution is -2.35. The lowest BCUT2D eigenvalue weighted by Gasteiger charge is -2.33. The van der Waals surface area contributed by atoms with E-state index in [4.69, 9.17) is 9.05 Å². The number of piperidine rings is 1. The van der Waals surface area contributed by atoms with Crippen LogP contribution in [0.4, 0.5) is 0 Å². The number of aromatic nitrogens is 3. The summed E-state index contributed by atoms with van der Waals surface area (Å²) in [7, 11) is -7.09. The quantitative estimate of drug-likeness (QED) is 0.0736. The Morgan fingerprint density at radius 1 is 0.600 bits per heavy atom. The average molecular weight is 908 g/mol. The standard InChI is InChI=1S/C53H55N4O6P2/c1-3-62-65(61,63-4-2)40-38-55-31-23-42(24-32-55)44-27-35-57(36-28-44)48-19-15-46(16-20-48)53(51-11-7-5-9-49(51)50-10-6-8-12-52(50)53)45-13-17-47(18-14-45)56-33-25-43(26-34-56)41-21-29-54(30-22-41)37-39-64(58,59)60/h5-20,23-28,31-36,41H,3-4,21-22,29-30,37-40H2,1-2H3/q+1/p+2. The van der Waals surface area contributed by atoms with Gasteiger partial charge in [0.2, 0.25) is 11.4 Å². The van der Waals surface area contributed by atoms with Crippen LogP contribution in [-0.4, -0.2) is 59.9 Å². The zero-order chi connectivity index (χ0) is 45.0. The maximum atomic E-state index is 12.9. The second-order valence-corrected chi connectivity index (χ2v) is 20.9. The van der Waals surface area contributed by atoms with Gasteiger partial charge >= 0.3 is 15.2 Å². The molecule has 9 rings (SSSR count). The molecule has 0 amide bonds. The highest BCUT2D eigenvalue weighted by atomic mass is 31.2. The first-order chi connectivity index (χ1) is 31.6. The molecule has 10 nitrogen and oxygen atoms in total. The molecule has 65 heavy (non-hydrogen) atoms. The Balaban J connectivity index is 0.951. The van der Waals surface area contributed by atoms with E-state index in [9.17, 15) is 18.9 Å². The molecule has 1 aliphatic carbocycles. The highest BCUT2D eigenvalue weighted by molar-refractivity contribution is 7.53. The van der Waals surface area contributed by atoms with E-state index < -0.39 is 20.6 Å². The van der Waals surface area contributed by atoms with Crippen LogP contribution in [-0.2, 0) is 30.1 Å². The fourth-order valence-electron chi connectivity index (χ4n) is 9.82. The van der Waals surface area contributed by atoms with Crippen molar-refractivity contribution in [3.8, 4) is 33.6 Å². The average Bonchev–Trinajstić information content (AvgIpc) is 3.64. The van der Waals surface area contributed by atoms with Crippen molar-refractivity contribution in [1.82, 2.24) is 4.90 Å². The number of rotatable bonds is 16. The number of fused-ring (bicyclic) bond motifs is 3. The largest absolute Gasteiger partial charge is 0.337 e. The SMILES string of the molecule is CCOP(=O)(CC[n+]1ccc(-c2cc[n+](-c3ccc(C4(c5ccc(-[n+]6ccc(C7CCN(CCP(=O)(O)O)CC7)cc6)cc5)c5ccccc5-c5ccccc54)cc3)cc2)cc1)OCC. The van der Waals surface area contributed by atoms with Crippen LogP contribution in [0.25, 0.3) is 33.6 Å². The van der Waals surface area contributed by atoms with Crippen molar-refractivity contribution in [2.24, 2.45) is 0 Å². The third kappa shape index (κ3) is 9.49. The third-order valence-electron chi connectivity index (χ3n) is 13.1. The molecule has 2 aliphatic rings. The summed E-state index contributed by atoms with van der Waals surface area (Å²) >= 11 is 0. The summed E-state index contributed by atoms with van der Waals surface area (Å²) < 4.78 is 41.6. The molecule has 3 aromatic heterocycles. The van der Waals surface area contributed by atoms with Gasteiger partial charge in [-0.1, -0.05) is 72.8 Å². The van der Waals surface area contributed by atoms with Crippen LogP contribution in [0.2, 0.25) is 0 Å². The molecule has 332 valence electrons. The first-order valence-corrected chi connectivity index (χ1v) is 26.2. The molecule has 0 unspecified atom stereocenters. The van der Waals surface area contributed by atoms with Crippen molar-refractivity contribution in [2.45, 2.75) is 44.6 Å². The van der Waals surface area contributed by atoms with Crippen LogP contribution in [0.5, 0.6) is 0 Å². The Hall–Kier alpha value is -5.41. The second kappa shape index (κ2) is 19.2.